The summed E-state index contributed by atoms with van der Waals surface area (Å²) in [6.45, 7) is 1.95. The number of amides is 2. The molecule has 0 saturated carbocycles. The van der Waals surface area contributed by atoms with Crippen molar-refractivity contribution >= 4 is 28.5 Å². The van der Waals surface area contributed by atoms with Crippen molar-refractivity contribution in [3.8, 4) is 11.3 Å². The van der Waals surface area contributed by atoms with Crippen LogP contribution in [0, 0.1) is 0 Å². The monoisotopic (exact) mass is 515 g/mol. The minimum atomic E-state index is -0.769. The molecule has 0 fully saturated rings. The van der Waals surface area contributed by atoms with Crippen LogP contribution in [0.3, 0.4) is 0 Å². The van der Waals surface area contributed by atoms with Crippen LogP contribution in [-0.2, 0) is 16.0 Å². The van der Waals surface area contributed by atoms with Crippen molar-refractivity contribution in [3.63, 3.8) is 0 Å². The van der Waals surface area contributed by atoms with E-state index in [-0.39, 0.29) is 17.4 Å². The highest BCUT2D eigenvalue weighted by molar-refractivity contribution is 5.96. The van der Waals surface area contributed by atoms with Crippen molar-refractivity contribution in [1.82, 2.24) is 25.6 Å². The number of ketones is 1. The van der Waals surface area contributed by atoms with E-state index in [0.717, 1.165) is 40.6 Å². The van der Waals surface area contributed by atoms with Crippen molar-refractivity contribution < 1.29 is 14.4 Å². The molecule has 2 heterocycles. The number of carbonyl (C=O) groups excluding carboxylic acids is 3. The summed E-state index contributed by atoms with van der Waals surface area (Å²) in [7, 11) is 0. The molecule has 198 valence electrons. The number of hydrogen-bond acceptors (Lipinski definition) is 4. The average molecular weight is 516 g/mol. The van der Waals surface area contributed by atoms with Crippen LogP contribution in [0.25, 0.3) is 22.2 Å². The number of aromatic amines is 3. The maximum Gasteiger partial charge on any atom is 0.323 e. The molecule has 0 saturated heterocycles. The number of rotatable bonds is 13. The molecule has 0 aliphatic carbocycles. The number of nitrogens with one attached hydrogen (secondary N) is 5. The first-order chi connectivity index (χ1) is 18.4. The van der Waals surface area contributed by atoms with Crippen molar-refractivity contribution in [2.75, 3.05) is 6.54 Å². The number of hydrogen-bond donors (Lipinski definition) is 5. The standard InChI is InChI=1S/C29H33N5O4/c1-19(35)10-4-2-7-15-24(33-28(37)25-18-31-29(38)34-25)27(36)30-17-16-22-21-13-8-9-14-23(21)32-26(22)20-11-5-3-6-12-20/h3,5-6,8-9,11-14,18,24,32H,2,4,7,10,15-17H2,1H3,(H,30,36)(H,33,37)(H2,31,34,38)/t24-/m0/s1. The van der Waals surface area contributed by atoms with E-state index in [1.165, 1.54) is 6.20 Å². The van der Waals surface area contributed by atoms with Gasteiger partial charge in [0.1, 0.15) is 17.5 Å². The molecule has 2 aromatic carbocycles. The Balaban J connectivity index is 1.43. The maximum absolute atomic E-state index is 13.2. The number of benzene rings is 2. The van der Waals surface area contributed by atoms with Crippen molar-refractivity contribution in [2.24, 2.45) is 0 Å². The topological polar surface area (TPSA) is 140 Å². The molecule has 0 radical (unpaired) electrons. The second-order valence-corrected chi connectivity index (χ2v) is 9.42. The number of carbonyl (C=O) groups is 3. The second kappa shape index (κ2) is 12.7. The van der Waals surface area contributed by atoms with Gasteiger partial charge in [0.2, 0.25) is 5.91 Å². The fraction of sp³-hybridized carbons (Fsp3) is 0.310. The molecular formula is C29H33N5O4. The van der Waals surface area contributed by atoms with E-state index in [1.54, 1.807) is 6.92 Å². The summed E-state index contributed by atoms with van der Waals surface area (Å²) in [6.07, 6.45) is 5.00. The summed E-state index contributed by atoms with van der Waals surface area (Å²) in [5.41, 5.74) is 3.81. The van der Waals surface area contributed by atoms with Gasteiger partial charge in [-0.1, -0.05) is 61.4 Å². The molecule has 0 spiro atoms. The van der Waals surface area contributed by atoms with E-state index in [4.69, 9.17) is 0 Å². The van der Waals surface area contributed by atoms with Crippen LogP contribution >= 0.6 is 0 Å². The van der Waals surface area contributed by atoms with Gasteiger partial charge < -0.3 is 30.4 Å². The van der Waals surface area contributed by atoms with Gasteiger partial charge in [-0.25, -0.2) is 4.79 Å². The minimum Gasteiger partial charge on any atom is -0.354 e. The van der Waals surface area contributed by atoms with Crippen LogP contribution < -0.4 is 16.3 Å². The Labute approximate surface area is 220 Å². The maximum atomic E-state index is 13.2. The molecule has 0 aliphatic rings. The lowest BCUT2D eigenvalue weighted by Gasteiger charge is -2.18. The fourth-order valence-electron chi connectivity index (χ4n) is 4.60. The van der Waals surface area contributed by atoms with E-state index in [1.807, 2.05) is 36.4 Å². The Morgan fingerprint density at radius 1 is 0.921 bits per heavy atom. The Bertz CT molecular complexity index is 1450. The molecule has 0 aliphatic heterocycles. The summed E-state index contributed by atoms with van der Waals surface area (Å²) < 4.78 is 0. The van der Waals surface area contributed by atoms with Gasteiger partial charge in [0.25, 0.3) is 5.91 Å². The average Bonchev–Trinajstić information content (AvgIpc) is 3.52. The number of fused-ring (bicyclic) bond motifs is 1. The lowest BCUT2D eigenvalue weighted by Crippen LogP contribution is -2.47. The molecular weight excluding hydrogens is 482 g/mol. The Kier molecular flexibility index (Phi) is 8.92. The molecule has 9 heteroatoms. The first-order valence-electron chi connectivity index (χ1n) is 12.9. The van der Waals surface area contributed by atoms with Gasteiger partial charge in [-0.3, -0.25) is 9.59 Å². The van der Waals surface area contributed by atoms with Crippen LogP contribution in [0.15, 0.2) is 65.6 Å². The third-order valence-electron chi connectivity index (χ3n) is 6.53. The van der Waals surface area contributed by atoms with Crippen LogP contribution in [0.1, 0.15) is 55.1 Å². The van der Waals surface area contributed by atoms with Gasteiger partial charge in [-0.2, -0.15) is 0 Å². The Hall–Kier alpha value is -4.40. The first kappa shape index (κ1) is 26.7. The molecule has 1 atom stereocenters. The zero-order chi connectivity index (χ0) is 26.9. The van der Waals surface area contributed by atoms with E-state index in [0.29, 0.717) is 32.2 Å². The lowest BCUT2D eigenvalue weighted by molar-refractivity contribution is -0.123. The number of unbranched alkanes of at least 4 members (excludes halogenated alkanes) is 2. The van der Waals surface area contributed by atoms with E-state index in [2.05, 4.69) is 43.8 Å². The molecule has 9 nitrogen and oxygen atoms in total. The van der Waals surface area contributed by atoms with Gasteiger partial charge >= 0.3 is 5.69 Å². The van der Waals surface area contributed by atoms with Crippen molar-refractivity contribution in [3.05, 3.63) is 82.5 Å². The van der Waals surface area contributed by atoms with Gasteiger partial charge in [0.15, 0.2) is 0 Å². The largest absolute Gasteiger partial charge is 0.354 e. The van der Waals surface area contributed by atoms with E-state index < -0.39 is 17.6 Å². The van der Waals surface area contributed by atoms with Crippen LogP contribution in [0.5, 0.6) is 0 Å². The predicted octanol–water partition coefficient (Wildman–Crippen LogP) is 3.85. The quantitative estimate of drug-likeness (QED) is 0.173. The zero-order valence-electron chi connectivity index (χ0n) is 21.4. The smallest absolute Gasteiger partial charge is 0.323 e. The Morgan fingerprint density at radius 3 is 2.42 bits per heavy atom. The number of para-hydroxylation sites is 1. The van der Waals surface area contributed by atoms with Crippen molar-refractivity contribution in [2.45, 2.75) is 51.5 Å². The molecule has 0 bridgehead atoms. The zero-order valence-corrected chi connectivity index (χ0v) is 21.4. The summed E-state index contributed by atoms with van der Waals surface area (Å²) in [5.74, 6) is -0.685. The van der Waals surface area contributed by atoms with Gasteiger partial charge in [-0.05, 0) is 43.4 Å². The second-order valence-electron chi connectivity index (χ2n) is 9.42. The van der Waals surface area contributed by atoms with E-state index in [9.17, 15) is 19.2 Å². The molecule has 5 N–H and O–H groups in total. The first-order valence-corrected chi connectivity index (χ1v) is 12.9. The fourth-order valence-corrected chi connectivity index (χ4v) is 4.60. The number of aromatic nitrogens is 3. The summed E-state index contributed by atoms with van der Waals surface area (Å²) in [4.78, 5) is 56.7. The Morgan fingerprint density at radius 2 is 1.68 bits per heavy atom. The molecule has 2 aromatic heterocycles. The SMILES string of the molecule is CC(=O)CCCCC[C@H](NC(=O)c1c[nH]c(=O)[nH]1)C(=O)NCCc1c(-c2ccccc2)[nH]c2ccccc12. The van der Waals surface area contributed by atoms with Gasteiger partial charge in [0.05, 0.1) is 0 Å². The van der Waals surface area contributed by atoms with Gasteiger partial charge in [0, 0.05) is 35.8 Å². The molecule has 4 rings (SSSR count). The number of imidazole rings is 1. The third-order valence-corrected chi connectivity index (χ3v) is 6.53. The molecule has 38 heavy (non-hydrogen) atoms. The summed E-state index contributed by atoms with van der Waals surface area (Å²) in [6, 6.07) is 17.4. The van der Waals surface area contributed by atoms with Crippen LogP contribution in [-0.4, -0.2) is 45.1 Å². The highest BCUT2D eigenvalue weighted by Crippen LogP contribution is 2.30. The number of H-pyrrole nitrogens is 3. The van der Waals surface area contributed by atoms with Crippen LogP contribution in [0.2, 0.25) is 0 Å². The summed E-state index contributed by atoms with van der Waals surface area (Å²) in [5, 5.41) is 6.83. The highest BCUT2D eigenvalue weighted by atomic mass is 16.2. The molecule has 0 unspecified atom stereocenters. The van der Waals surface area contributed by atoms with Crippen molar-refractivity contribution in [1.29, 1.82) is 0 Å². The van der Waals surface area contributed by atoms with Gasteiger partial charge in [-0.15, -0.1) is 0 Å². The summed E-state index contributed by atoms with van der Waals surface area (Å²) >= 11 is 0. The minimum absolute atomic E-state index is 0.0654. The molecule has 4 aromatic rings. The van der Waals surface area contributed by atoms with Crippen LogP contribution in [0.4, 0.5) is 0 Å². The normalized spacial score (nSPS) is 11.8. The highest BCUT2D eigenvalue weighted by Gasteiger charge is 2.22. The lowest BCUT2D eigenvalue weighted by atomic mass is 10.0. The number of Topliss-reactive ketones (excluding diaryl/α,β-unsaturated/α-hetero) is 1. The predicted molar refractivity (Wildman–Crippen MR) is 147 cm³/mol. The van der Waals surface area contributed by atoms with E-state index >= 15 is 0 Å². The third kappa shape index (κ3) is 6.88. The molecule has 2 amide bonds.